The minimum atomic E-state index is -0.935. The minimum Gasteiger partial charge on any atom is -0.478 e. The molecule has 0 aliphatic heterocycles. The van der Waals surface area contributed by atoms with E-state index < -0.39 is 11.9 Å². The summed E-state index contributed by atoms with van der Waals surface area (Å²) in [6, 6.07) is 0. The van der Waals surface area contributed by atoms with Gasteiger partial charge in [0.2, 0.25) is 0 Å². The minimum absolute atomic E-state index is 0.0981. The lowest BCUT2D eigenvalue weighted by Crippen LogP contribution is -2.37. The van der Waals surface area contributed by atoms with Gasteiger partial charge in [-0.2, -0.15) is 0 Å². The highest BCUT2D eigenvalue weighted by Gasteiger charge is 2.17. The number of carboxylic acid groups (broad SMARTS) is 2. The monoisotopic (exact) mass is 381 g/mol. The molecule has 0 aromatic heterocycles. The smallest absolute Gasteiger partial charge is 0.330 e. The highest BCUT2D eigenvalue weighted by atomic mass is 17.0. The van der Waals surface area contributed by atoms with Crippen LogP contribution >= 0.6 is 0 Å². The molecule has 0 heterocycles. The van der Waals surface area contributed by atoms with E-state index in [0.29, 0.717) is 6.42 Å². The number of carboxylic acids is 2. The number of hydroxylamine groups is 2. The molecule has 0 aliphatic rings. The van der Waals surface area contributed by atoms with Crippen molar-refractivity contribution in [1.82, 2.24) is 5.23 Å². The fourth-order valence-electron chi connectivity index (χ4n) is 0.867. The van der Waals surface area contributed by atoms with E-state index in [4.69, 9.17) is 34.8 Å². The second-order valence-electron chi connectivity index (χ2n) is 4.67. The first-order valence-corrected chi connectivity index (χ1v) is 7.66. The Morgan fingerprint density at radius 3 is 1.42 bits per heavy atom. The van der Waals surface area contributed by atoms with Crippen LogP contribution in [-0.2, 0) is 24.0 Å². The van der Waals surface area contributed by atoms with Crippen LogP contribution in [0.1, 0.15) is 27.2 Å². The predicted molar refractivity (Wildman–Crippen MR) is 93.9 cm³/mol. The van der Waals surface area contributed by atoms with E-state index in [2.05, 4.69) is 13.2 Å². The third-order valence-corrected chi connectivity index (χ3v) is 2.21. The quantitative estimate of drug-likeness (QED) is 0.230. The fraction of sp³-hybridized carbons (Fsp3) is 0.625. The maximum absolute atomic E-state index is 9.60. The summed E-state index contributed by atoms with van der Waals surface area (Å²) in [6.07, 6.45) is 0.334. The van der Waals surface area contributed by atoms with Gasteiger partial charge in [-0.1, -0.05) is 20.1 Å². The summed E-state index contributed by atoms with van der Waals surface area (Å²) < 4.78 is 5.07. The van der Waals surface area contributed by atoms with Crippen molar-refractivity contribution in [2.45, 2.75) is 33.4 Å². The zero-order chi connectivity index (χ0) is 21.1. The molecule has 26 heavy (non-hydrogen) atoms. The van der Waals surface area contributed by atoms with Crippen LogP contribution in [0.2, 0.25) is 0 Å². The number of aliphatic carboxylic acids is 2. The number of aliphatic hydroxyl groups excluding tert-OH is 2. The van der Waals surface area contributed by atoms with Gasteiger partial charge in [0.25, 0.3) is 0 Å². The molecule has 0 fully saturated rings. The SMILES string of the molecule is C=C(C)C(=O)O.C=C(C)C(=O)O.CCC(OC)N(OCCO)OCCO. The number of hydrogen-bond donors (Lipinski definition) is 4. The molecule has 4 N–H and O–H groups in total. The van der Waals surface area contributed by atoms with Crippen LogP contribution in [0.25, 0.3) is 0 Å². The maximum atomic E-state index is 9.60. The van der Waals surface area contributed by atoms with Crippen molar-refractivity contribution >= 4 is 11.9 Å². The molecule has 0 aromatic carbocycles. The van der Waals surface area contributed by atoms with Crippen molar-refractivity contribution < 1.29 is 44.4 Å². The summed E-state index contributed by atoms with van der Waals surface area (Å²) in [7, 11) is 1.53. The van der Waals surface area contributed by atoms with Crippen molar-refractivity contribution in [3.63, 3.8) is 0 Å². The molecule has 0 spiro atoms. The van der Waals surface area contributed by atoms with Crippen molar-refractivity contribution in [2.24, 2.45) is 0 Å². The van der Waals surface area contributed by atoms with E-state index >= 15 is 0 Å². The molecule has 154 valence electrons. The molecule has 0 aliphatic carbocycles. The molecule has 0 aromatic rings. The molecule has 10 nitrogen and oxygen atoms in total. The van der Waals surface area contributed by atoms with Gasteiger partial charge in [0.15, 0.2) is 6.23 Å². The molecule has 0 radical (unpaired) electrons. The molecule has 1 unspecified atom stereocenters. The molecular formula is C16H31NO9. The first-order chi connectivity index (χ1) is 12.1. The van der Waals surface area contributed by atoms with E-state index in [-0.39, 0.29) is 43.8 Å². The van der Waals surface area contributed by atoms with Gasteiger partial charge in [-0.05, 0) is 25.5 Å². The van der Waals surface area contributed by atoms with E-state index in [9.17, 15) is 9.59 Å². The molecule has 0 amide bonds. The maximum Gasteiger partial charge on any atom is 0.330 e. The summed E-state index contributed by atoms with van der Waals surface area (Å²) in [6.45, 7) is 11.2. The molecular weight excluding hydrogens is 350 g/mol. The van der Waals surface area contributed by atoms with Gasteiger partial charge >= 0.3 is 11.9 Å². The molecule has 10 heteroatoms. The van der Waals surface area contributed by atoms with Crippen molar-refractivity contribution in [3.8, 4) is 0 Å². The summed E-state index contributed by atoms with van der Waals surface area (Å²) in [5.74, 6) is -1.87. The van der Waals surface area contributed by atoms with E-state index in [1.54, 1.807) is 0 Å². The van der Waals surface area contributed by atoms with Crippen LogP contribution in [0.15, 0.2) is 24.3 Å². The van der Waals surface area contributed by atoms with Gasteiger partial charge in [0.1, 0.15) is 0 Å². The number of hydrogen-bond acceptors (Lipinski definition) is 8. The van der Waals surface area contributed by atoms with Gasteiger partial charge in [0.05, 0.1) is 26.4 Å². The number of nitrogens with zero attached hydrogens (tertiary/aromatic N) is 1. The summed E-state index contributed by atoms with van der Waals surface area (Å²) in [5.41, 5.74) is 0.352. The van der Waals surface area contributed by atoms with E-state index in [1.807, 2.05) is 6.92 Å². The molecule has 0 saturated heterocycles. The first-order valence-electron chi connectivity index (χ1n) is 7.66. The normalized spacial score (nSPS) is 10.7. The fourth-order valence-corrected chi connectivity index (χ4v) is 0.867. The Bertz CT molecular complexity index is 353. The summed E-state index contributed by atoms with van der Waals surface area (Å²) >= 11 is 0. The summed E-state index contributed by atoms with van der Waals surface area (Å²) in [4.78, 5) is 29.3. The highest BCUT2D eigenvalue weighted by molar-refractivity contribution is 5.85. The molecule has 0 saturated carbocycles. The van der Waals surface area contributed by atoms with Crippen molar-refractivity contribution in [2.75, 3.05) is 33.5 Å². The van der Waals surface area contributed by atoms with Crippen LogP contribution < -0.4 is 0 Å². The lowest BCUT2D eigenvalue weighted by molar-refractivity contribution is -0.423. The Hall–Kier alpha value is -1.82. The number of ether oxygens (including phenoxy) is 1. The lowest BCUT2D eigenvalue weighted by atomic mass is 10.4. The first kappa shape index (κ1) is 29.0. The average molecular weight is 381 g/mol. The molecule has 0 bridgehead atoms. The summed E-state index contributed by atoms with van der Waals surface area (Å²) in [5, 5.41) is 34.1. The predicted octanol–water partition coefficient (Wildman–Crippen LogP) is 0.813. The number of aliphatic hydroxyl groups is 2. The third-order valence-electron chi connectivity index (χ3n) is 2.21. The van der Waals surface area contributed by atoms with Crippen LogP contribution in [0.4, 0.5) is 0 Å². The van der Waals surface area contributed by atoms with Crippen molar-refractivity contribution in [3.05, 3.63) is 24.3 Å². The topological polar surface area (TPSA) is 146 Å². The van der Waals surface area contributed by atoms with Gasteiger partial charge in [-0.3, -0.25) is 9.68 Å². The van der Waals surface area contributed by atoms with Gasteiger partial charge in [0, 0.05) is 18.3 Å². The van der Waals surface area contributed by atoms with Crippen LogP contribution in [0, 0.1) is 0 Å². The van der Waals surface area contributed by atoms with E-state index in [0.717, 1.165) is 5.23 Å². The van der Waals surface area contributed by atoms with Crippen LogP contribution in [0.5, 0.6) is 0 Å². The van der Waals surface area contributed by atoms with Crippen LogP contribution in [-0.4, -0.2) is 77.4 Å². The molecule has 0 rings (SSSR count). The Balaban J connectivity index is -0.000000364. The van der Waals surface area contributed by atoms with Gasteiger partial charge in [-0.25, -0.2) is 9.59 Å². The Morgan fingerprint density at radius 2 is 1.27 bits per heavy atom. The zero-order valence-corrected chi connectivity index (χ0v) is 15.8. The zero-order valence-electron chi connectivity index (χ0n) is 15.8. The second-order valence-corrected chi connectivity index (χ2v) is 4.67. The van der Waals surface area contributed by atoms with Crippen molar-refractivity contribution in [1.29, 1.82) is 0 Å². The van der Waals surface area contributed by atoms with E-state index in [1.165, 1.54) is 21.0 Å². The molecule has 1 atom stereocenters. The number of rotatable bonds is 11. The van der Waals surface area contributed by atoms with Gasteiger partial charge in [-0.15, -0.1) is 0 Å². The van der Waals surface area contributed by atoms with Crippen LogP contribution in [0.3, 0.4) is 0 Å². The average Bonchev–Trinajstić information content (AvgIpc) is 2.58. The Kier molecular flexibility index (Phi) is 21.7. The second kappa shape index (κ2) is 19.5. The Labute approximate surface area is 153 Å². The third kappa shape index (κ3) is 20.2. The number of carbonyl (C=O) groups is 2. The Morgan fingerprint density at radius 1 is 0.962 bits per heavy atom. The lowest BCUT2D eigenvalue weighted by Gasteiger charge is -2.26. The largest absolute Gasteiger partial charge is 0.478 e. The van der Waals surface area contributed by atoms with Gasteiger partial charge < -0.3 is 25.2 Å². The standard InChI is InChI=1S/C8H19NO5.2C4H6O2/c1-3-8(12-2)9(13-6-4-10)14-7-5-11;2*1-3(2)4(5)6/h8,10-11H,3-7H2,1-2H3;2*1H2,2H3,(H,5,6). The highest BCUT2D eigenvalue weighted by Crippen LogP contribution is 2.06. The number of methoxy groups -OCH3 is 1.